The summed E-state index contributed by atoms with van der Waals surface area (Å²) in [6.07, 6.45) is 1.68. The summed E-state index contributed by atoms with van der Waals surface area (Å²) in [6, 6.07) is 9.19. The second-order valence-electron chi connectivity index (χ2n) is 5.28. The van der Waals surface area contributed by atoms with Crippen molar-refractivity contribution in [2.45, 2.75) is 20.8 Å². The number of ether oxygens (including phenoxy) is 1. The van der Waals surface area contributed by atoms with Gasteiger partial charge in [-0.2, -0.15) is 0 Å². The average Bonchev–Trinajstić information content (AvgIpc) is 2.90. The molecule has 0 aliphatic carbocycles. The predicted molar refractivity (Wildman–Crippen MR) is 85.8 cm³/mol. The van der Waals surface area contributed by atoms with E-state index in [2.05, 4.69) is 4.98 Å². The SMILES string of the molecule is Cc1cc(OC(=O)c2cn3c(C)cccc3n2)cc(C)c1Cl. The van der Waals surface area contributed by atoms with Gasteiger partial charge in [-0.25, -0.2) is 9.78 Å². The highest BCUT2D eigenvalue weighted by atomic mass is 35.5. The molecule has 5 heteroatoms. The Balaban J connectivity index is 1.92. The quantitative estimate of drug-likeness (QED) is 0.527. The predicted octanol–water partition coefficient (Wildman–Crippen LogP) is 4.13. The van der Waals surface area contributed by atoms with Gasteiger partial charge in [0.25, 0.3) is 0 Å². The number of benzene rings is 1. The van der Waals surface area contributed by atoms with Gasteiger partial charge in [-0.15, -0.1) is 0 Å². The minimum absolute atomic E-state index is 0.277. The number of aryl methyl sites for hydroxylation is 3. The van der Waals surface area contributed by atoms with Gasteiger partial charge in [0.2, 0.25) is 0 Å². The zero-order valence-corrected chi connectivity index (χ0v) is 13.3. The number of hydrogen-bond acceptors (Lipinski definition) is 3. The van der Waals surface area contributed by atoms with Crippen molar-refractivity contribution in [3.8, 4) is 5.75 Å². The minimum atomic E-state index is -0.482. The summed E-state index contributed by atoms with van der Waals surface area (Å²) in [5.74, 6) is -0.0117. The third-order valence-corrected chi connectivity index (χ3v) is 4.12. The van der Waals surface area contributed by atoms with Gasteiger partial charge in [0.1, 0.15) is 11.4 Å². The third-order valence-electron chi connectivity index (χ3n) is 3.53. The summed E-state index contributed by atoms with van der Waals surface area (Å²) < 4.78 is 7.27. The molecule has 0 unspecified atom stereocenters. The zero-order chi connectivity index (χ0) is 15.9. The summed E-state index contributed by atoms with van der Waals surface area (Å²) in [4.78, 5) is 16.6. The molecule has 0 fully saturated rings. The number of esters is 1. The largest absolute Gasteiger partial charge is 0.422 e. The Morgan fingerprint density at radius 3 is 2.50 bits per heavy atom. The molecule has 3 aromatic rings. The number of rotatable bonds is 2. The second-order valence-corrected chi connectivity index (χ2v) is 5.66. The maximum absolute atomic E-state index is 12.3. The molecule has 0 saturated carbocycles. The van der Waals surface area contributed by atoms with Gasteiger partial charge in [0.15, 0.2) is 5.69 Å². The van der Waals surface area contributed by atoms with Gasteiger partial charge in [0.05, 0.1) is 0 Å². The molecule has 0 saturated heterocycles. The number of imidazole rings is 1. The van der Waals surface area contributed by atoms with E-state index in [0.717, 1.165) is 22.5 Å². The van der Waals surface area contributed by atoms with Crippen molar-refractivity contribution < 1.29 is 9.53 Å². The molecule has 0 aliphatic rings. The molecular formula is C17H15ClN2O2. The summed E-state index contributed by atoms with van der Waals surface area (Å²) in [7, 11) is 0. The standard InChI is InChI=1S/C17H15ClN2O2/c1-10-7-13(8-11(2)16(10)18)22-17(21)14-9-20-12(3)5-4-6-15(20)19-14/h4-9H,1-3H3. The number of fused-ring (bicyclic) bond motifs is 1. The lowest BCUT2D eigenvalue weighted by Gasteiger charge is -2.07. The van der Waals surface area contributed by atoms with Crippen LogP contribution in [0, 0.1) is 20.8 Å². The molecule has 0 atom stereocenters. The molecule has 2 aromatic heterocycles. The highest BCUT2D eigenvalue weighted by Gasteiger charge is 2.15. The van der Waals surface area contributed by atoms with Crippen molar-refractivity contribution in [3.05, 3.63) is 64.1 Å². The van der Waals surface area contributed by atoms with Crippen LogP contribution in [-0.4, -0.2) is 15.4 Å². The molecule has 0 radical (unpaired) electrons. The van der Waals surface area contributed by atoms with Crippen LogP contribution in [0.15, 0.2) is 36.5 Å². The monoisotopic (exact) mass is 314 g/mol. The smallest absolute Gasteiger partial charge is 0.363 e. The van der Waals surface area contributed by atoms with Crippen molar-refractivity contribution in [1.29, 1.82) is 0 Å². The maximum atomic E-state index is 12.3. The fraction of sp³-hybridized carbons (Fsp3) is 0.176. The lowest BCUT2D eigenvalue weighted by molar-refractivity contribution is 0.0729. The van der Waals surface area contributed by atoms with E-state index >= 15 is 0 Å². The van der Waals surface area contributed by atoms with E-state index in [1.807, 2.05) is 43.4 Å². The Bertz CT molecular complexity index is 860. The number of nitrogens with zero attached hydrogens (tertiary/aromatic N) is 2. The molecule has 0 bridgehead atoms. The molecule has 4 nitrogen and oxygen atoms in total. The van der Waals surface area contributed by atoms with E-state index in [0.29, 0.717) is 10.8 Å². The van der Waals surface area contributed by atoms with Crippen molar-refractivity contribution in [1.82, 2.24) is 9.38 Å². The zero-order valence-electron chi connectivity index (χ0n) is 12.6. The van der Waals surface area contributed by atoms with Crippen LogP contribution >= 0.6 is 11.6 Å². The Kier molecular flexibility index (Phi) is 3.62. The first-order chi connectivity index (χ1) is 10.5. The van der Waals surface area contributed by atoms with Gasteiger partial charge in [-0.1, -0.05) is 17.7 Å². The first-order valence-electron chi connectivity index (χ1n) is 6.89. The third kappa shape index (κ3) is 2.57. The van der Waals surface area contributed by atoms with Gasteiger partial charge >= 0.3 is 5.97 Å². The maximum Gasteiger partial charge on any atom is 0.363 e. The Morgan fingerprint density at radius 2 is 1.86 bits per heavy atom. The van der Waals surface area contributed by atoms with Crippen molar-refractivity contribution in [2.75, 3.05) is 0 Å². The molecule has 2 heterocycles. The van der Waals surface area contributed by atoms with Gasteiger partial charge in [-0.05, 0) is 56.2 Å². The molecule has 0 amide bonds. The van der Waals surface area contributed by atoms with E-state index in [1.54, 1.807) is 18.3 Å². The fourth-order valence-corrected chi connectivity index (χ4v) is 2.48. The van der Waals surface area contributed by atoms with Gasteiger partial charge in [0, 0.05) is 16.9 Å². The Labute approximate surface area is 133 Å². The first kappa shape index (κ1) is 14.6. The fourth-order valence-electron chi connectivity index (χ4n) is 2.37. The van der Waals surface area contributed by atoms with E-state index < -0.39 is 5.97 Å². The van der Waals surface area contributed by atoms with Crippen LogP contribution in [0.25, 0.3) is 5.65 Å². The van der Waals surface area contributed by atoms with Crippen LogP contribution in [0.5, 0.6) is 5.75 Å². The minimum Gasteiger partial charge on any atom is -0.422 e. The summed E-state index contributed by atoms with van der Waals surface area (Å²) >= 11 is 6.12. The van der Waals surface area contributed by atoms with Crippen LogP contribution in [0.4, 0.5) is 0 Å². The highest BCUT2D eigenvalue weighted by Crippen LogP contribution is 2.26. The van der Waals surface area contributed by atoms with E-state index in [4.69, 9.17) is 16.3 Å². The lowest BCUT2D eigenvalue weighted by atomic mass is 10.1. The second kappa shape index (κ2) is 5.46. The topological polar surface area (TPSA) is 43.6 Å². The lowest BCUT2D eigenvalue weighted by Crippen LogP contribution is -2.09. The molecular weight excluding hydrogens is 300 g/mol. The van der Waals surface area contributed by atoms with Crippen LogP contribution in [0.3, 0.4) is 0 Å². The molecule has 0 spiro atoms. The number of carbonyl (C=O) groups excluding carboxylic acids is 1. The van der Waals surface area contributed by atoms with Crippen molar-refractivity contribution in [3.63, 3.8) is 0 Å². The number of pyridine rings is 1. The highest BCUT2D eigenvalue weighted by molar-refractivity contribution is 6.32. The van der Waals surface area contributed by atoms with Gasteiger partial charge in [-0.3, -0.25) is 0 Å². The van der Waals surface area contributed by atoms with Crippen LogP contribution in [-0.2, 0) is 0 Å². The van der Waals surface area contributed by atoms with Crippen LogP contribution in [0.2, 0.25) is 5.02 Å². The molecule has 112 valence electrons. The molecule has 3 rings (SSSR count). The summed E-state index contributed by atoms with van der Waals surface area (Å²) in [6.45, 7) is 5.71. The van der Waals surface area contributed by atoms with Crippen LogP contribution in [0.1, 0.15) is 27.3 Å². The first-order valence-corrected chi connectivity index (χ1v) is 7.27. The van der Waals surface area contributed by atoms with Gasteiger partial charge < -0.3 is 9.14 Å². The van der Waals surface area contributed by atoms with E-state index in [9.17, 15) is 4.79 Å². The Morgan fingerprint density at radius 1 is 1.18 bits per heavy atom. The number of aromatic nitrogens is 2. The molecule has 22 heavy (non-hydrogen) atoms. The summed E-state index contributed by atoms with van der Waals surface area (Å²) in [5, 5.41) is 0.683. The average molecular weight is 315 g/mol. The Hall–Kier alpha value is -2.33. The number of hydrogen-bond donors (Lipinski definition) is 0. The molecule has 1 aromatic carbocycles. The van der Waals surface area contributed by atoms with Crippen molar-refractivity contribution in [2.24, 2.45) is 0 Å². The van der Waals surface area contributed by atoms with E-state index in [1.165, 1.54) is 0 Å². The van der Waals surface area contributed by atoms with Crippen LogP contribution < -0.4 is 4.74 Å². The van der Waals surface area contributed by atoms with Crippen molar-refractivity contribution >= 4 is 23.2 Å². The normalized spacial score (nSPS) is 10.9. The molecule has 0 N–H and O–H groups in total. The number of carbonyl (C=O) groups is 1. The summed E-state index contributed by atoms with van der Waals surface area (Å²) in [5.41, 5.74) is 3.74. The van der Waals surface area contributed by atoms with E-state index in [-0.39, 0.29) is 5.69 Å². The number of halogens is 1. The molecule has 0 aliphatic heterocycles.